The first kappa shape index (κ1) is 24.1. The van der Waals surface area contributed by atoms with E-state index in [1.54, 1.807) is 18.3 Å². The molecule has 3 heterocycles. The van der Waals surface area contributed by atoms with Crippen LogP contribution in [0, 0.1) is 5.82 Å². The Labute approximate surface area is 211 Å². The molecule has 0 N–H and O–H groups in total. The number of pyridine rings is 1. The summed E-state index contributed by atoms with van der Waals surface area (Å²) in [6.07, 6.45) is 6.21. The van der Waals surface area contributed by atoms with Gasteiger partial charge < -0.3 is 4.90 Å². The van der Waals surface area contributed by atoms with Crippen LogP contribution in [0.15, 0.2) is 79.1 Å². The highest BCUT2D eigenvalue weighted by atomic mass is 19.1. The van der Waals surface area contributed by atoms with E-state index < -0.39 is 5.54 Å². The highest BCUT2D eigenvalue weighted by Crippen LogP contribution is 2.39. The van der Waals surface area contributed by atoms with Crippen LogP contribution in [0.4, 0.5) is 9.18 Å². The van der Waals surface area contributed by atoms with Gasteiger partial charge >= 0.3 is 6.03 Å². The number of carbonyl (C=O) groups is 2. The molecule has 0 saturated carbocycles. The predicted octanol–water partition coefficient (Wildman–Crippen LogP) is 4.65. The summed E-state index contributed by atoms with van der Waals surface area (Å²) in [6, 6.07) is 20.2. The van der Waals surface area contributed by atoms with Crippen molar-refractivity contribution in [3.8, 4) is 0 Å². The van der Waals surface area contributed by atoms with Gasteiger partial charge in [-0.1, -0.05) is 48.5 Å². The average Bonchev–Trinajstić information content (AvgIpc) is 3.09. The largest absolute Gasteiger partial charge is 0.327 e. The summed E-state index contributed by atoms with van der Waals surface area (Å²) in [5.41, 5.74) is 2.34. The van der Waals surface area contributed by atoms with E-state index in [0.717, 1.165) is 23.1 Å². The van der Waals surface area contributed by atoms with E-state index in [4.69, 9.17) is 0 Å². The molecule has 3 amide bonds. The molecule has 6 nitrogen and oxygen atoms in total. The second kappa shape index (κ2) is 10.6. The van der Waals surface area contributed by atoms with E-state index in [1.165, 1.54) is 17.0 Å². The van der Waals surface area contributed by atoms with Crippen LogP contribution >= 0.6 is 0 Å². The van der Waals surface area contributed by atoms with Crippen molar-refractivity contribution in [2.24, 2.45) is 0 Å². The maximum atomic E-state index is 13.8. The van der Waals surface area contributed by atoms with Crippen molar-refractivity contribution in [2.75, 3.05) is 19.6 Å². The van der Waals surface area contributed by atoms with Crippen molar-refractivity contribution in [3.05, 3.63) is 102 Å². The molecular formula is C29H31FN4O2. The van der Waals surface area contributed by atoms with Crippen molar-refractivity contribution in [1.82, 2.24) is 19.7 Å². The average molecular weight is 487 g/mol. The molecule has 5 rings (SSSR count). The fourth-order valence-corrected chi connectivity index (χ4v) is 5.36. The van der Waals surface area contributed by atoms with E-state index in [-0.39, 0.29) is 17.8 Å². The molecule has 7 heteroatoms. The van der Waals surface area contributed by atoms with Gasteiger partial charge in [0, 0.05) is 45.1 Å². The number of nitrogens with zero attached hydrogens (tertiary/aromatic N) is 4. The molecule has 0 radical (unpaired) electrons. The number of aromatic nitrogens is 1. The van der Waals surface area contributed by atoms with Crippen LogP contribution in [0.5, 0.6) is 0 Å². The second-order valence-corrected chi connectivity index (χ2v) is 9.71. The lowest BCUT2D eigenvalue weighted by Crippen LogP contribution is -2.56. The third kappa shape index (κ3) is 5.02. The minimum Gasteiger partial charge on any atom is -0.305 e. The summed E-state index contributed by atoms with van der Waals surface area (Å²) >= 11 is 0. The Morgan fingerprint density at radius 2 is 1.53 bits per heavy atom. The van der Waals surface area contributed by atoms with Gasteiger partial charge in [-0.3, -0.25) is 19.6 Å². The second-order valence-electron chi connectivity index (χ2n) is 9.71. The quantitative estimate of drug-likeness (QED) is 0.435. The zero-order chi connectivity index (χ0) is 25.0. The summed E-state index contributed by atoms with van der Waals surface area (Å²) < 4.78 is 13.3. The molecule has 1 spiro atoms. The number of rotatable bonds is 8. The molecule has 2 saturated heterocycles. The van der Waals surface area contributed by atoms with Gasteiger partial charge in [0.25, 0.3) is 5.91 Å². The van der Waals surface area contributed by atoms with E-state index in [0.29, 0.717) is 52.0 Å². The van der Waals surface area contributed by atoms with Gasteiger partial charge in [0.1, 0.15) is 11.4 Å². The van der Waals surface area contributed by atoms with Crippen molar-refractivity contribution in [2.45, 2.75) is 44.3 Å². The number of piperidine rings is 1. The number of carbonyl (C=O) groups excluding carboxylic acids is 2. The number of benzene rings is 2. The van der Waals surface area contributed by atoms with Crippen molar-refractivity contribution in [3.63, 3.8) is 0 Å². The number of hydrogen-bond acceptors (Lipinski definition) is 4. The molecular weight excluding hydrogens is 455 g/mol. The molecule has 0 bridgehead atoms. The monoisotopic (exact) mass is 486 g/mol. The molecule has 2 aliphatic rings. The minimum atomic E-state index is -0.819. The van der Waals surface area contributed by atoms with Crippen LogP contribution in [-0.2, 0) is 24.3 Å². The first-order valence-electron chi connectivity index (χ1n) is 12.6. The third-order valence-corrected chi connectivity index (χ3v) is 7.38. The fourth-order valence-electron chi connectivity index (χ4n) is 5.36. The zero-order valence-electron chi connectivity index (χ0n) is 20.4. The molecule has 2 aliphatic heterocycles. The van der Waals surface area contributed by atoms with Crippen LogP contribution in [0.2, 0.25) is 0 Å². The minimum absolute atomic E-state index is 0.0731. The number of halogens is 1. The molecule has 1 aromatic heterocycles. The maximum absolute atomic E-state index is 13.8. The Morgan fingerprint density at radius 3 is 2.22 bits per heavy atom. The van der Waals surface area contributed by atoms with Crippen molar-refractivity contribution < 1.29 is 14.0 Å². The van der Waals surface area contributed by atoms with Gasteiger partial charge in [0.05, 0.1) is 0 Å². The van der Waals surface area contributed by atoms with Crippen LogP contribution in [0.3, 0.4) is 0 Å². The fraction of sp³-hybridized carbons (Fsp3) is 0.345. The standard InChI is InChI=1S/C29H31FN4O2/c30-26-12-10-25(11-13-26)21-32-18-14-29(15-19-32)27(35)33(17-5-9-23-8-4-16-31-20-23)28(36)34(29)22-24-6-2-1-3-7-24/h1-4,6-8,10-13,16,20H,5,9,14-15,17-19,21-22H2. The summed E-state index contributed by atoms with van der Waals surface area (Å²) in [5.74, 6) is -0.317. The van der Waals surface area contributed by atoms with Gasteiger partial charge in [-0.2, -0.15) is 0 Å². The lowest BCUT2D eigenvalue weighted by molar-refractivity contribution is -0.136. The van der Waals surface area contributed by atoms with Gasteiger partial charge in [-0.15, -0.1) is 0 Å². The first-order chi connectivity index (χ1) is 17.5. The number of aryl methyl sites for hydroxylation is 1. The van der Waals surface area contributed by atoms with Crippen molar-refractivity contribution >= 4 is 11.9 Å². The van der Waals surface area contributed by atoms with Gasteiger partial charge in [-0.05, 0) is 60.6 Å². The zero-order valence-corrected chi connectivity index (χ0v) is 20.4. The lowest BCUT2D eigenvalue weighted by Gasteiger charge is -2.42. The maximum Gasteiger partial charge on any atom is 0.327 e. The highest BCUT2D eigenvalue weighted by Gasteiger charge is 2.57. The van der Waals surface area contributed by atoms with E-state index >= 15 is 0 Å². The number of urea groups is 1. The molecule has 36 heavy (non-hydrogen) atoms. The molecule has 186 valence electrons. The van der Waals surface area contributed by atoms with Gasteiger partial charge in [0.15, 0.2) is 0 Å². The highest BCUT2D eigenvalue weighted by molar-refractivity contribution is 6.07. The smallest absolute Gasteiger partial charge is 0.305 e. The third-order valence-electron chi connectivity index (χ3n) is 7.38. The Bertz CT molecular complexity index is 1180. The van der Waals surface area contributed by atoms with Gasteiger partial charge in [0.2, 0.25) is 0 Å². The summed E-state index contributed by atoms with van der Waals surface area (Å²) in [4.78, 5) is 37.2. The number of likely N-dealkylation sites (tertiary alicyclic amines) is 1. The topological polar surface area (TPSA) is 56.8 Å². The molecule has 3 aromatic rings. The number of imide groups is 1. The molecule has 0 atom stereocenters. The summed E-state index contributed by atoms with van der Waals surface area (Å²) in [6.45, 7) is 2.92. The Balaban J connectivity index is 1.31. The molecule has 0 unspecified atom stereocenters. The van der Waals surface area contributed by atoms with E-state index in [9.17, 15) is 14.0 Å². The number of amides is 3. The predicted molar refractivity (Wildman–Crippen MR) is 135 cm³/mol. The van der Waals surface area contributed by atoms with Crippen LogP contribution in [0.1, 0.15) is 36.0 Å². The molecule has 0 aliphatic carbocycles. The van der Waals surface area contributed by atoms with E-state index in [2.05, 4.69) is 9.88 Å². The lowest BCUT2D eigenvalue weighted by atomic mass is 9.85. The molecule has 2 fully saturated rings. The first-order valence-corrected chi connectivity index (χ1v) is 12.6. The normalized spacial score (nSPS) is 17.8. The van der Waals surface area contributed by atoms with Gasteiger partial charge in [-0.25, -0.2) is 9.18 Å². The van der Waals surface area contributed by atoms with E-state index in [1.807, 2.05) is 53.6 Å². The summed E-state index contributed by atoms with van der Waals surface area (Å²) in [7, 11) is 0. The molecule has 2 aromatic carbocycles. The number of hydrogen-bond donors (Lipinski definition) is 0. The van der Waals surface area contributed by atoms with Crippen LogP contribution in [-0.4, -0.2) is 56.8 Å². The SMILES string of the molecule is O=C1N(CCCc2cccnc2)C(=O)C2(CCN(Cc3ccc(F)cc3)CC2)N1Cc1ccccc1. The Morgan fingerprint density at radius 1 is 0.833 bits per heavy atom. The Kier molecular flexibility index (Phi) is 7.09. The summed E-state index contributed by atoms with van der Waals surface area (Å²) in [5, 5.41) is 0. The van der Waals surface area contributed by atoms with Crippen molar-refractivity contribution in [1.29, 1.82) is 0 Å². The van der Waals surface area contributed by atoms with Crippen LogP contribution in [0.25, 0.3) is 0 Å². The Hall–Kier alpha value is -3.58. The van der Waals surface area contributed by atoms with Crippen LogP contribution < -0.4 is 0 Å².